The molecule has 1 amide bonds. The third-order valence-corrected chi connectivity index (χ3v) is 5.97. The van der Waals surface area contributed by atoms with Crippen molar-refractivity contribution in [1.82, 2.24) is 5.32 Å². The molecule has 3 rings (SSSR count). The van der Waals surface area contributed by atoms with Gasteiger partial charge in [-0.1, -0.05) is 6.92 Å². The van der Waals surface area contributed by atoms with E-state index in [9.17, 15) is 22.0 Å². The molecule has 1 aromatic heterocycles. The first-order valence-electron chi connectivity index (χ1n) is 9.32. The molecule has 0 unspecified atom stereocenters. The van der Waals surface area contributed by atoms with Gasteiger partial charge in [-0.25, -0.2) is 17.2 Å². The summed E-state index contributed by atoms with van der Waals surface area (Å²) in [7, 11) is -2.25. The van der Waals surface area contributed by atoms with Gasteiger partial charge < -0.3 is 9.73 Å². The van der Waals surface area contributed by atoms with Crippen molar-refractivity contribution in [3.05, 3.63) is 53.3 Å². The van der Waals surface area contributed by atoms with E-state index in [4.69, 9.17) is 4.42 Å². The summed E-state index contributed by atoms with van der Waals surface area (Å²) in [5, 5.41) is 3.06. The molecule has 160 valence electrons. The Bertz CT molecular complexity index is 1190. The van der Waals surface area contributed by atoms with Crippen LogP contribution in [0.5, 0.6) is 0 Å². The van der Waals surface area contributed by atoms with Crippen LogP contribution in [0.2, 0.25) is 0 Å². The van der Waals surface area contributed by atoms with Crippen LogP contribution in [0.25, 0.3) is 22.3 Å². The molecule has 0 spiro atoms. The van der Waals surface area contributed by atoms with Gasteiger partial charge in [0.05, 0.1) is 24.1 Å². The van der Waals surface area contributed by atoms with Crippen molar-refractivity contribution < 1.29 is 26.4 Å². The average Bonchev–Trinajstić information content (AvgIpc) is 3.08. The minimum absolute atomic E-state index is 0.236. The number of carbonyl (C=O) groups excluding carboxylic acids is 1. The van der Waals surface area contributed by atoms with E-state index in [1.807, 2.05) is 6.92 Å². The number of benzene rings is 2. The molecule has 0 fully saturated rings. The summed E-state index contributed by atoms with van der Waals surface area (Å²) in [5.41, 5.74) is 1.95. The van der Waals surface area contributed by atoms with E-state index in [1.165, 1.54) is 37.4 Å². The molecule has 1 N–H and O–H groups in total. The van der Waals surface area contributed by atoms with Crippen molar-refractivity contribution in [2.24, 2.45) is 0 Å². The number of amides is 1. The highest BCUT2D eigenvalue weighted by Gasteiger charge is 2.26. The van der Waals surface area contributed by atoms with E-state index < -0.39 is 28.4 Å². The van der Waals surface area contributed by atoms with Crippen LogP contribution in [0.4, 0.5) is 14.5 Å². The monoisotopic (exact) mass is 436 g/mol. The van der Waals surface area contributed by atoms with E-state index >= 15 is 0 Å². The number of fused-ring (bicyclic) bond motifs is 1. The molecule has 0 saturated heterocycles. The van der Waals surface area contributed by atoms with Gasteiger partial charge in [-0.3, -0.25) is 9.10 Å². The molecule has 2 aromatic carbocycles. The van der Waals surface area contributed by atoms with Gasteiger partial charge in [-0.15, -0.1) is 0 Å². The third-order valence-electron chi connectivity index (χ3n) is 4.79. The molecule has 1 heterocycles. The molecular formula is C21H22F2N2O4S. The fraction of sp³-hybridized carbons (Fsp3) is 0.286. The minimum atomic E-state index is -3.73. The molecule has 0 radical (unpaired) electrons. The maximum absolute atomic E-state index is 13.4. The summed E-state index contributed by atoms with van der Waals surface area (Å²) in [6.07, 6.45) is 1.46. The number of nitrogens with zero attached hydrogens (tertiary/aromatic N) is 1. The molecular weight excluding hydrogens is 414 g/mol. The van der Waals surface area contributed by atoms with E-state index in [-0.39, 0.29) is 23.5 Å². The first kappa shape index (κ1) is 21.8. The van der Waals surface area contributed by atoms with Crippen molar-refractivity contribution in [2.75, 3.05) is 30.8 Å². The van der Waals surface area contributed by atoms with Crippen molar-refractivity contribution >= 4 is 32.6 Å². The number of hydrogen-bond donors (Lipinski definition) is 1. The zero-order valence-electron chi connectivity index (χ0n) is 16.8. The number of sulfonamides is 1. The highest BCUT2D eigenvalue weighted by Crippen LogP contribution is 2.38. The first-order chi connectivity index (χ1) is 14.2. The van der Waals surface area contributed by atoms with Gasteiger partial charge >= 0.3 is 0 Å². The second kappa shape index (κ2) is 8.43. The topological polar surface area (TPSA) is 79.6 Å². The van der Waals surface area contributed by atoms with Crippen LogP contribution < -0.4 is 9.62 Å². The molecule has 9 heteroatoms. The van der Waals surface area contributed by atoms with E-state index in [2.05, 4.69) is 5.32 Å². The average molecular weight is 436 g/mol. The lowest BCUT2D eigenvalue weighted by Crippen LogP contribution is -2.32. The van der Waals surface area contributed by atoms with Crippen molar-refractivity contribution in [2.45, 2.75) is 13.3 Å². The Hall–Kier alpha value is -2.94. The summed E-state index contributed by atoms with van der Waals surface area (Å²) < 4.78 is 57.8. The summed E-state index contributed by atoms with van der Waals surface area (Å²) in [6, 6.07) is 8.68. The molecule has 30 heavy (non-hydrogen) atoms. The van der Waals surface area contributed by atoms with Crippen molar-refractivity contribution in [3.63, 3.8) is 0 Å². The minimum Gasteiger partial charge on any atom is -0.455 e. The van der Waals surface area contributed by atoms with Gasteiger partial charge in [-0.2, -0.15) is 0 Å². The van der Waals surface area contributed by atoms with Gasteiger partial charge in [0.15, 0.2) is 0 Å². The van der Waals surface area contributed by atoms with Gasteiger partial charge in [0.25, 0.3) is 5.91 Å². The number of furan rings is 1. The lowest BCUT2D eigenvalue weighted by Gasteiger charge is -2.23. The highest BCUT2D eigenvalue weighted by molar-refractivity contribution is 7.92. The normalized spacial score (nSPS) is 11.6. The summed E-state index contributed by atoms with van der Waals surface area (Å²) in [4.78, 5) is 12.6. The van der Waals surface area contributed by atoms with Gasteiger partial charge in [0, 0.05) is 24.1 Å². The Labute approximate surface area is 173 Å². The Morgan fingerprint density at radius 2 is 1.87 bits per heavy atom. The van der Waals surface area contributed by atoms with Crippen LogP contribution in [0.1, 0.15) is 22.8 Å². The Balaban J connectivity index is 2.33. The number of aryl methyl sites for hydroxylation is 1. The second-order valence-electron chi connectivity index (χ2n) is 6.75. The molecule has 0 saturated carbocycles. The van der Waals surface area contributed by atoms with Crippen LogP contribution >= 0.6 is 0 Å². The Kier molecular flexibility index (Phi) is 6.12. The molecule has 0 aliphatic rings. The maximum atomic E-state index is 13.4. The maximum Gasteiger partial charge on any atom is 0.255 e. The van der Waals surface area contributed by atoms with Crippen molar-refractivity contribution in [3.8, 4) is 11.3 Å². The second-order valence-corrected chi connectivity index (χ2v) is 8.65. The lowest BCUT2D eigenvalue weighted by molar-refractivity contribution is 0.0964. The van der Waals surface area contributed by atoms with E-state index in [1.54, 1.807) is 6.07 Å². The van der Waals surface area contributed by atoms with E-state index in [0.717, 1.165) is 10.6 Å². The SMILES string of the molecule is CCc1cc2c(C(=O)NC)c(-c3ccc(F)cc3)oc2cc1N(CCF)S(C)(=O)=O. The predicted molar refractivity (Wildman–Crippen MR) is 113 cm³/mol. The zero-order valence-corrected chi connectivity index (χ0v) is 17.6. The molecule has 3 aromatic rings. The number of alkyl halides is 1. The number of nitrogens with one attached hydrogen (secondary N) is 1. The number of halogens is 2. The standard InChI is InChI=1S/C21H22F2N2O4S/c1-4-13-11-16-18(12-17(13)25(10-9-22)30(3,27)28)29-20(19(16)21(26)24-2)14-5-7-15(23)8-6-14/h5-8,11-12H,4,9-10H2,1-3H3,(H,24,26). The Morgan fingerprint density at radius 3 is 2.40 bits per heavy atom. The first-order valence-corrected chi connectivity index (χ1v) is 11.2. The van der Waals surface area contributed by atoms with Crippen LogP contribution in [0.15, 0.2) is 40.8 Å². The molecule has 0 aliphatic heterocycles. The number of hydrogen-bond acceptors (Lipinski definition) is 4. The van der Waals surface area contributed by atoms with Crippen molar-refractivity contribution in [1.29, 1.82) is 0 Å². The quantitative estimate of drug-likeness (QED) is 0.609. The number of rotatable bonds is 7. The molecule has 0 atom stereocenters. The summed E-state index contributed by atoms with van der Waals surface area (Å²) in [5.74, 6) is -0.589. The Morgan fingerprint density at radius 1 is 1.20 bits per heavy atom. The molecule has 0 bridgehead atoms. The van der Waals surface area contributed by atoms with Crippen LogP contribution in [0, 0.1) is 5.82 Å². The summed E-state index contributed by atoms with van der Waals surface area (Å²) in [6.45, 7) is 0.656. The fourth-order valence-corrected chi connectivity index (χ4v) is 4.32. The lowest BCUT2D eigenvalue weighted by atomic mass is 10.0. The number of carbonyl (C=O) groups is 1. The van der Waals surface area contributed by atoms with Gasteiger partial charge in [0.2, 0.25) is 10.0 Å². The highest BCUT2D eigenvalue weighted by atomic mass is 32.2. The van der Waals surface area contributed by atoms with Crippen LogP contribution in [-0.2, 0) is 16.4 Å². The van der Waals surface area contributed by atoms with Crippen LogP contribution in [0.3, 0.4) is 0 Å². The summed E-state index contributed by atoms with van der Waals surface area (Å²) >= 11 is 0. The zero-order chi connectivity index (χ0) is 22.1. The van der Waals surface area contributed by atoms with Crippen LogP contribution in [-0.4, -0.2) is 40.8 Å². The number of anilines is 1. The largest absolute Gasteiger partial charge is 0.455 e. The van der Waals surface area contributed by atoms with Gasteiger partial charge in [0.1, 0.15) is 23.8 Å². The van der Waals surface area contributed by atoms with E-state index in [0.29, 0.717) is 28.6 Å². The molecule has 0 aliphatic carbocycles. The third kappa shape index (κ3) is 4.02. The smallest absolute Gasteiger partial charge is 0.255 e. The molecule has 6 nitrogen and oxygen atoms in total. The fourth-order valence-electron chi connectivity index (χ4n) is 3.39. The van der Waals surface area contributed by atoms with Gasteiger partial charge in [-0.05, 0) is 42.3 Å². The predicted octanol–water partition coefficient (Wildman–Crippen LogP) is 3.90.